The molecule has 14 heavy (non-hydrogen) atoms. The Balaban J connectivity index is 0.000000500. The van der Waals surface area contributed by atoms with Gasteiger partial charge in [0.15, 0.2) is 3.83 Å². The van der Waals surface area contributed by atoms with E-state index in [1.807, 2.05) is 6.20 Å². The van der Waals surface area contributed by atoms with Crippen LogP contribution in [0.4, 0.5) is 0 Å². The van der Waals surface area contributed by atoms with Gasteiger partial charge in [0.2, 0.25) is 6.41 Å². The molecular formula is C9H14IN3O. The van der Waals surface area contributed by atoms with Gasteiger partial charge in [0.25, 0.3) is 0 Å². The van der Waals surface area contributed by atoms with Gasteiger partial charge in [-0.1, -0.05) is 13.8 Å². The summed E-state index contributed by atoms with van der Waals surface area (Å²) in [5.74, 6) is 0. The highest BCUT2D eigenvalue weighted by Gasteiger charge is 2.00. The lowest BCUT2D eigenvalue weighted by Gasteiger charge is -2.02. The van der Waals surface area contributed by atoms with Crippen LogP contribution >= 0.6 is 22.6 Å². The van der Waals surface area contributed by atoms with Crippen molar-refractivity contribution in [1.29, 1.82) is 0 Å². The van der Waals surface area contributed by atoms with E-state index in [0.29, 0.717) is 0 Å². The molecule has 0 unspecified atom stereocenters. The monoisotopic (exact) mass is 307 g/mol. The normalized spacial score (nSPS) is 8.79. The molecule has 0 fully saturated rings. The largest absolute Gasteiger partial charge is 0.372 e. The van der Waals surface area contributed by atoms with E-state index in [9.17, 15) is 0 Å². The number of nitrogens with two attached hydrogens (primary N) is 1. The zero-order valence-electron chi connectivity index (χ0n) is 8.33. The molecule has 0 aromatic carbocycles. The highest BCUT2D eigenvalue weighted by molar-refractivity contribution is 14.1. The van der Waals surface area contributed by atoms with E-state index in [1.165, 1.54) is 11.3 Å². The van der Waals surface area contributed by atoms with Crippen molar-refractivity contribution in [1.82, 2.24) is 9.97 Å². The van der Waals surface area contributed by atoms with Crippen molar-refractivity contribution in [2.45, 2.75) is 26.7 Å². The Morgan fingerprint density at radius 3 is 2.50 bits per heavy atom. The summed E-state index contributed by atoms with van der Waals surface area (Å²) in [6.45, 7) is 4.25. The van der Waals surface area contributed by atoms with E-state index in [-0.39, 0.29) is 6.41 Å². The van der Waals surface area contributed by atoms with Crippen LogP contribution in [-0.2, 0) is 17.6 Å². The number of carbonyl (C=O) groups excluding carboxylic acids is 1. The highest BCUT2D eigenvalue weighted by Crippen LogP contribution is 2.07. The van der Waals surface area contributed by atoms with Gasteiger partial charge < -0.3 is 5.73 Å². The van der Waals surface area contributed by atoms with Crippen LogP contribution in [-0.4, -0.2) is 16.4 Å². The van der Waals surface area contributed by atoms with Crippen LogP contribution in [0.5, 0.6) is 0 Å². The van der Waals surface area contributed by atoms with E-state index in [4.69, 9.17) is 4.79 Å². The SMILES string of the molecule is CCc1cnc(I)nc1CC.NC=O. The maximum absolute atomic E-state index is 8.58. The Morgan fingerprint density at radius 1 is 1.50 bits per heavy atom. The number of nitrogens with zero attached hydrogens (tertiary/aromatic N) is 2. The quantitative estimate of drug-likeness (QED) is 0.509. The summed E-state index contributed by atoms with van der Waals surface area (Å²) in [6.07, 6.45) is 4.20. The average Bonchev–Trinajstić information content (AvgIpc) is 2.19. The summed E-state index contributed by atoms with van der Waals surface area (Å²) in [6, 6.07) is 0. The smallest absolute Gasteiger partial charge is 0.204 e. The van der Waals surface area contributed by atoms with Crippen LogP contribution in [0.15, 0.2) is 6.20 Å². The molecule has 4 nitrogen and oxygen atoms in total. The van der Waals surface area contributed by atoms with Gasteiger partial charge >= 0.3 is 0 Å². The van der Waals surface area contributed by atoms with Gasteiger partial charge in [-0.2, -0.15) is 0 Å². The number of amides is 1. The maximum Gasteiger partial charge on any atom is 0.204 e. The first-order valence-electron chi connectivity index (χ1n) is 4.35. The molecule has 1 rings (SSSR count). The molecule has 0 saturated heterocycles. The molecule has 0 spiro atoms. The minimum Gasteiger partial charge on any atom is -0.372 e. The second-order valence-electron chi connectivity index (χ2n) is 2.45. The van der Waals surface area contributed by atoms with E-state index < -0.39 is 0 Å². The summed E-state index contributed by atoms with van der Waals surface area (Å²) in [5, 5.41) is 0. The maximum atomic E-state index is 8.58. The summed E-state index contributed by atoms with van der Waals surface area (Å²) in [4.78, 5) is 17.1. The van der Waals surface area contributed by atoms with E-state index in [2.05, 4.69) is 52.1 Å². The fourth-order valence-electron chi connectivity index (χ4n) is 1.02. The van der Waals surface area contributed by atoms with Crippen molar-refractivity contribution in [3.05, 3.63) is 21.3 Å². The topological polar surface area (TPSA) is 68.9 Å². The van der Waals surface area contributed by atoms with Crippen molar-refractivity contribution < 1.29 is 4.79 Å². The van der Waals surface area contributed by atoms with Gasteiger partial charge in [0.05, 0.1) is 0 Å². The Bertz CT molecular complexity index is 291. The van der Waals surface area contributed by atoms with Gasteiger partial charge in [0.1, 0.15) is 0 Å². The number of aryl methyl sites for hydroxylation is 2. The Labute approximate surface area is 97.5 Å². The molecule has 78 valence electrons. The average molecular weight is 307 g/mol. The minimum atomic E-state index is 0.250. The summed E-state index contributed by atoms with van der Waals surface area (Å²) >= 11 is 2.14. The number of halogens is 1. The zero-order chi connectivity index (χ0) is 11.0. The molecule has 1 aromatic heterocycles. The third kappa shape index (κ3) is 4.50. The fourth-order valence-corrected chi connectivity index (χ4v) is 1.45. The van der Waals surface area contributed by atoms with Crippen LogP contribution in [0, 0.1) is 3.83 Å². The molecule has 1 aromatic rings. The van der Waals surface area contributed by atoms with Crippen LogP contribution < -0.4 is 5.73 Å². The fraction of sp³-hybridized carbons (Fsp3) is 0.444. The zero-order valence-corrected chi connectivity index (χ0v) is 10.5. The molecule has 2 N–H and O–H groups in total. The number of hydrogen-bond donors (Lipinski definition) is 1. The van der Waals surface area contributed by atoms with E-state index in [0.717, 1.165) is 16.7 Å². The second-order valence-corrected chi connectivity index (χ2v) is 3.42. The number of carbonyl (C=O) groups is 1. The molecule has 0 aliphatic rings. The van der Waals surface area contributed by atoms with Gasteiger partial charge in [-0.25, -0.2) is 9.97 Å². The molecule has 0 radical (unpaired) electrons. The van der Waals surface area contributed by atoms with E-state index >= 15 is 0 Å². The summed E-state index contributed by atoms with van der Waals surface area (Å²) < 4.78 is 0.844. The minimum absolute atomic E-state index is 0.250. The molecule has 0 atom stereocenters. The first-order valence-corrected chi connectivity index (χ1v) is 5.43. The van der Waals surface area contributed by atoms with Gasteiger partial charge in [-0.3, -0.25) is 4.79 Å². The lowest BCUT2D eigenvalue weighted by Crippen LogP contribution is -1.99. The lowest BCUT2D eigenvalue weighted by atomic mass is 10.1. The molecule has 0 saturated carbocycles. The molecule has 0 bridgehead atoms. The first-order chi connectivity index (χ1) is 6.69. The Hall–Kier alpha value is -0.720. The molecular weight excluding hydrogens is 293 g/mol. The predicted molar refractivity (Wildman–Crippen MR) is 63.8 cm³/mol. The Morgan fingerprint density at radius 2 is 2.07 bits per heavy atom. The van der Waals surface area contributed by atoms with Gasteiger partial charge in [0, 0.05) is 34.5 Å². The van der Waals surface area contributed by atoms with Crippen molar-refractivity contribution >= 4 is 29.0 Å². The van der Waals surface area contributed by atoms with Crippen molar-refractivity contribution in [2.24, 2.45) is 5.73 Å². The number of hydrogen-bond acceptors (Lipinski definition) is 3. The molecule has 1 amide bonds. The first kappa shape index (κ1) is 13.3. The van der Waals surface area contributed by atoms with Crippen molar-refractivity contribution in [3.8, 4) is 0 Å². The van der Waals surface area contributed by atoms with Gasteiger partial charge in [-0.05, 0) is 18.4 Å². The molecule has 0 aliphatic heterocycles. The summed E-state index contributed by atoms with van der Waals surface area (Å²) in [5.41, 5.74) is 6.62. The van der Waals surface area contributed by atoms with Crippen LogP contribution in [0.25, 0.3) is 0 Å². The molecule has 1 heterocycles. The number of aromatic nitrogens is 2. The third-order valence-electron chi connectivity index (χ3n) is 1.64. The Kier molecular flexibility index (Phi) is 7.27. The third-order valence-corrected chi connectivity index (χ3v) is 2.16. The summed E-state index contributed by atoms with van der Waals surface area (Å²) in [7, 11) is 0. The van der Waals surface area contributed by atoms with Crippen molar-refractivity contribution in [3.63, 3.8) is 0 Å². The van der Waals surface area contributed by atoms with Crippen LogP contribution in [0.1, 0.15) is 25.1 Å². The van der Waals surface area contributed by atoms with Crippen LogP contribution in [0.2, 0.25) is 0 Å². The predicted octanol–water partition coefficient (Wildman–Crippen LogP) is 1.31. The number of primary amides is 1. The van der Waals surface area contributed by atoms with Gasteiger partial charge in [-0.15, -0.1) is 0 Å². The number of rotatable bonds is 2. The standard InChI is InChI=1S/C8H11IN2.CH3NO/c1-3-6-5-10-8(9)11-7(6)4-2;2-1-3/h5H,3-4H2,1-2H3;1H,(H2,2,3). The highest BCUT2D eigenvalue weighted by atomic mass is 127. The van der Waals surface area contributed by atoms with Crippen LogP contribution in [0.3, 0.4) is 0 Å². The molecule has 0 aliphatic carbocycles. The lowest BCUT2D eigenvalue weighted by molar-refractivity contribution is -0.106. The molecule has 5 heteroatoms. The second kappa shape index (κ2) is 7.66. The van der Waals surface area contributed by atoms with E-state index in [1.54, 1.807) is 0 Å². The van der Waals surface area contributed by atoms with Crippen molar-refractivity contribution in [2.75, 3.05) is 0 Å².